The number of fused-ring (bicyclic) bond motifs is 6. The molecule has 5 heteroatoms. The Morgan fingerprint density at radius 3 is 2.21 bits per heavy atom. The molecule has 7 aromatic rings. The average Bonchev–Trinajstić information content (AvgIpc) is 3.57. The van der Waals surface area contributed by atoms with Gasteiger partial charge in [-0.25, -0.2) is 9.98 Å². The lowest BCUT2D eigenvalue weighted by Gasteiger charge is -2.25. The third-order valence-corrected chi connectivity index (χ3v) is 8.39. The SMILES string of the molecule is c1ccc(C2=c3ccccc3=NC(n3c4ccccc4c4ccc5nc(-c6ccccc6)sc5c43)N2)cc1. The first kappa shape index (κ1) is 21.4. The maximum Gasteiger partial charge on any atom is 0.201 e. The molecule has 0 bridgehead atoms. The molecule has 3 heterocycles. The summed E-state index contributed by atoms with van der Waals surface area (Å²) in [7, 11) is 0. The highest BCUT2D eigenvalue weighted by molar-refractivity contribution is 7.22. The molecule has 38 heavy (non-hydrogen) atoms. The number of rotatable bonds is 3. The van der Waals surface area contributed by atoms with Gasteiger partial charge in [0.2, 0.25) is 6.29 Å². The molecule has 1 atom stereocenters. The van der Waals surface area contributed by atoms with Crippen molar-refractivity contribution in [1.29, 1.82) is 0 Å². The van der Waals surface area contributed by atoms with Crippen molar-refractivity contribution in [3.63, 3.8) is 0 Å². The number of nitrogens with one attached hydrogen (secondary N) is 1. The molecule has 1 aliphatic rings. The Balaban J connectivity index is 1.43. The second-order valence-electron chi connectivity index (χ2n) is 9.49. The average molecular weight is 507 g/mol. The molecule has 0 saturated carbocycles. The minimum absolute atomic E-state index is 0.310. The molecule has 0 fully saturated rings. The Morgan fingerprint density at radius 1 is 0.658 bits per heavy atom. The molecular formula is C33H22N4S. The van der Waals surface area contributed by atoms with E-state index in [4.69, 9.17) is 9.98 Å². The van der Waals surface area contributed by atoms with Crippen LogP contribution in [0.2, 0.25) is 0 Å². The number of hydrogen-bond donors (Lipinski definition) is 1. The summed E-state index contributed by atoms with van der Waals surface area (Å²) in [5.74, 6) is 0. The summed E-state index contributed by atoms with van der Waals surface area (Å²) < 4.78 is 3.54. The van der Waals surface area contributed by atoms with Crippen LogP contribution in [0.4, 0.5) is 0 Å². The van der Waals surface area contributed by atoms with E-state index in [0.29, 0.717) is 0 Å². The van der Waals surface area contributed by atoms with Gasteiger partial charge in [0.15, 0.2) is 0 Å². The van der Waals surface area contributed by atoms with E-state index in [-0.39, 0.29) is 6.29 Å². The Hall–Kier alpha value is -4.74. The monoisotopic (exact) mass is 506 g/mol. The largest absolute Gasteiger partial charge is 0.345 e. The number of thiazole rings is 1. The quantitative estimate of drug-likeness (QED) is 0.293. The van der Waals surface area contributed by atoms with Crippen LogP contribution >= 0.6 is 11.3 Å². The lowest BCUT2D eigenvalue weighted by molar-refractivity contribution is 0.490. The van der Waals surface area contributed by atoms with E-state index >= 15 is 0 Å². The first-order chi connectivity index (χ1) is 18.8. The van der Waals surface area contributed by atoms with Crippen LogP contribution in [0.25, 0.3) is 48.3 Å². The fourth-order valence-corrected chi connectivity index (χ4v) is 6.67. The van der Waals surface area contributed by atoms with Gasteiger partial charge < -0.3 is 5.32 Å². The summed E-state index contributed by atoms with van der Waals surface area (Å²) in [4.78, 5) is 10.3. The van der Waals surface area contributed by atoms with Gasteiger partial charge in [-0.3, -0.25) is 4.57 Å². The second kappa shape index (κ2) is 8.40. The van der Waals surface area contributed by atoms with Gasteiger partial charge in [-0.05, 0) is 29.8 Å². The van der Waals surface area contributed by atoms with Crippen LogP contribution in [0.15, 0.2) is 126 Å². The second-order valence-corrected chi connectivity index (χ2v) is 10.5. The van der Waals surface area contributed by atoms with E-state index in [2.05, 4.69) is 125 Å². The smallest absolute Gasteiger partial charge is 0.201 e. The van der Waals surface area contributed by atoms with Crippen molar-refractivity contribution >= 4 is 49.1 Å². The van der Waals surface area contributed by atoms with E-state index in [0.717, 1.165) is 49.0 Å². The van der Waals surface area contributed by atoms with E-state index in [1.54, 1.807) is 11.3 Å². The topological polar surface area (TPSA) is 42.2 Å². The third kappa shape index (κ3) is 3.22. The fraction of sp³-hybridized carbons (Fsp3) is 0.0303. The van der Waals surface area contributed by atoms with Gasteiger partial charge in [-0.2, -0.15) is 0 Å². The molecule has 0 aliphatic carbocycles. The van der Waals surface area contributed by atoms with Gasteiger partial charge in [0.1, 0.15) is 5.01 Å². The Kier molecular flexibility index (Phi) is 4.72. The van der Waals surface area contributed by atoms with Crippen molar-refractivity contribution in [3.8, 4) is 10.6 Å². The molecule has 1 unspecified atom stereocenters. The molecule has 180 valence electrons. The summed E-state index contributed by atoms with van der Waals surface area (Å²) in [6.45, 7) is 0. The fourth-order valence-electron chi connectivity index (χ4n) is 5.56. The van der Waals surface area contributed by atoms with Gasteiger partial charge in [0.05, 0.1) is 32.3 Å². The van der Waals surface area contributed by atoms with Crippen molar-refractivity contribution in [2.45, 2.75) is 6.29 Å². The molecule has 0 saturated heterocycles. The number of aromatic nitrogens is 2. The van der Waals surface area contributed by atoms with Crippen LogP contribution in [0.1, 0.15) is 11.9 Å². The summed E-state index contributed by atoms with van der Waals surface area (Å²) >= 11 is 1.75. The van der Waals surface area contributed by atoms with Crippen LogP contribution in [-0.2, 0) is 0 Å². The van der Waals surface area contributed by atoms with E-state index in [1.807, 2.05) is 6.07 Å². The van der Waals surface area contributed by atoms with Crippen molar-refractivity contribution in [1.82, 2.24) is 14.9 Å². The first-order valence-electron chi connectivity index (χ1n) is 12.7. The van der Waals surface area contributed by atoms with Crippen molar-refractivity contribution in [2.75, 3.05) is 0 Å². The number of para-hydroxylation sites is 2. The number of hydrogen-bond acceptors (Lipinski definition) is 4. The van der Waals surface area contributed by atoms with Crippen molar-refractivity contribution in [3.05, 3.63) is 137 Å². The van der Waals surface area contributed by atoms with Gasteiger partial charge >= 0.3 is 0 Å². The zero-order chi connectivity index (χ0) is 25.1. The zero-order valence-electron chi connectivity index (χ0n) is 20.4. The van der Waals surface area contributed by atoms with E-state index in [9.17, 15) is 0 Å². The molecule has 4 nitrogen and oxygen atoms in total. The normalized spacial score (nSPS) is 14.9. The lowest BCUT2D eigenvalue weighted by atomic mass is 10.1. The Labute approximate surface area is 222 Å². The standard InChI is InChI=1S/C33H22N4S/c1-3-11-21(12-4-1)29-25-16-7-9-17-26(25)35-33(36-29)37-28-18-10-8-15-23(28)24-19-20-27-31(30(24)37)38-32(34-27)22-13-5-2-6-14-22/h1-20,33,36H. The number of nitrogens with zero attached hydrogens (tertiary/aromatic N) is 3. The highest BCUT2D eigenvalue weighted by Gasteiger charge is 2.24. The Bertz CT molecular complexity index is 2110. The minimum Gasteiger partial charge on any atom is -0.345 e. The van der Waals surface area contributed by atoms with Crippen LogP contribution < -0.4 is 15.9 Å². The molecule has 2 aromatic heterocycles. The Morgan fingerprint density at radius 2 is 1.37 bits per heavy atom. The highest BCUT2D eigenvalue weighted by atomic mass is 32.1. The van der Waals surface area contributed by atoms with E-state index in [1.165, 1.54) is 15.5 Å². The number of benzene rings is 5. The molecule has 0 amide bonds. The summed E-state index contributed by atoms with van der Waals surface area (Å²) in [5.41, 5.74) is 6.70. The van der Waals surface area contributed by atoms with Gasteiger partial charge in [0, 0.05) is 21.6 Å². The van der Waals surface area contributed by atoms with E-state index < -0.39 is 0 Å². The van der Waals surface area contributed by atoms with Crippen LogP contribution in [0.3, 0.4) is 0 Å². The van der Waals surface area contributed by atoms with Crippen molar-refractivity contribution < 1.29 is 0 Å². The molecule has 8 rings (SSSR count). The van der Waals surface area contributed by atoms with Crippen LogP contribution in [0.5, 0.6) is 0 Å². The van der Waals surface area contributed by atoms with Gasteiger partial charge in [-0.1, -0.05) is 97.1 Å². The molecule has 0 spiro atoms. The molecule has 0 radical (unpaired) electrons. The van der Waals surface area contributed by atoms with Crippen LogP contribution in [-0.4, -0.2) is 9.55 Å². The zero-order valence-corrected chi connectivity index (χ0v) is 21.2. The maximum absolute atomic E-state index is 5.25. The van der Waals surface area contributed by atoms with Crippen molar-refractivity contribution in [2.24, 2.45) is 4.99 Å². The highest BCUT2D eigenvalue weighted by Crippen LogP contribution is 2.40. The molecule has 5 aromatic carbocycles. The summed E-state index contributed by atoms with van der Waals surface area (Å²) in [5, 5.41) is 9.38. The maximum atomic E-state index is 5.25. The minimum atomic E-state index is -0.310. The third-order valence-electron chi connectivity index (χ3n) is 7.26. The van der Waals surface area contributed by atoms with Crippen LogP contribution in [0, 0.1) is 0 Å². The summed E-state index contributed by atoms with van der Waals surface area (Å²) in [6.07, 6.45) is -0.310. The molecular weight excluding hydrogens is 484 g/mol. The first-order valence-corrected chi connectivity index (χ1v) is 13.5. The lowest BCUT2D eigenvalue weighted by Crippen LogP contribution is -2.41. The summed E-state index contributed by atoms with van der Waals surface area (Å²) in [6, 6.07) is 42.3. The van der Waals surface area contributed by atoms with Gasteiger partial charge in [-0.15, -0.1) is 11.3 Å². The van der Waals surface area contributed by atoms with Gasteiger partial charge in [0.25, 0.3) is 0 Å². The predicted octanol–water partition coefficient (Wildman–Crippen LogP) is 6.61. The predicted molar refractivity (Wildman–Crippen MR) is 156 cm³/mol. The molecule has 1 N–H and O–H groups in total. The molecule has 1 aliphatic heterocycles.